The van der Waals surface area contributed by atoms with Gasteiger partial charge in [-0.3, -0.25) is 4.79 Å². The van der Waals surface area contributed by atoms with Crippen LogP contribution in [0.2, 0.25) is 0 Å². The molecule has 0 spiro atoms. The molecule has 4 heteroatoms. The van der Waals surface area contributed by atoms with Crippen LogP contribution in [-0.2, 0) is 15.1 Å². The van der Waals surface area contributed by atoms with Crippen LogP contribution in [0, 0.1) is 0 Å². The molecule has 0 saturated carbocycles. The number of unbranched alkanes of at least 4 members (excludes halogenated alkanes) is 1. The third-order valence-corrected chi connectivity index (χ3v) is 3.07. The highest BCUT2D eigenvalue weighted by Gasteiger charge is 2.37. The highest BCUT2D eigenvalue weighted by Crippen LogP contribution is 2.21. The molecule has 1 amide bonds. The average molecular weight is 250 g/mol. The summed E-state index contributed by atoms with van der Waals surface area (Å²) < 4.78 is 5.58. The van der Waals surface area contributed by atoms with E-state index in [2.05, 4.69) is 12.2 Å². The van der Waals surface area contributed by atoms with Crippen LogP contribution >= 0.6 is 0 Å². The number of carbonyl (C=O) groups excluding carboxylic acids is 1. The lowest BCUT2D eigenvalue weighted by Crippen LogP contribution is -2.54. The molecular formula is C14H22N2O2. The lowest BCUT2D eigenvalue weighted by atomic mass is 9.90. The summed E-state index contributed by atoms with van der Waals surface area (Å²) in [4.78, 5) is 11.8. The van der Waals surface area contributed by atoms with Crippen molar-refractivity contribution in [3.63, 3.8) is 0 Å². The zero-order valence-corrected chi connectivity index (χ0v) is 11.1. The summed E-state index contributed by atoms with van der Waals surface area (Å²) in [5.41, 5.74) is 5.43. The van der Waals surface area contributed by atoms with Crippen LogP contribution in [0.25, 0.3) is 0 Å². The molecule has 4 nitrogen and oxygen atoms in total. The average Bonchev–Trinajstić information content (AvgIpc) is 2.40. The van der Waals surface area contributed by atoms with E-state index in [0.29, 0.717) is 6.61 Å². The molecule has 1 atom stereocenters. The largest absolute Gasteiger partial charge is 0.379 e. The molecule has 0 aliphatic rings. The van der Waals surface area contributed by atoms with Gasteiger partial charge in [-0.15, -0.1) is 0 Å². The van der Waals surface area contributed by atoms with Crippen LogP contribution in [0.4, 0.5) is 0 Å². The van der Waals surface area contributed by atoms with Gasteiger partial charge in [0, 0.05) is 6.61 Å². The predicted molar refractivity (Wildman–Crippen MR) is 72.1 cm³/mol. The lowest BCUT2D eigenvalue weighted by Gasteiger charge is -2.30. The van der Waals surface area contributed by atoms with E-state index in [1.807, 2.05) is 30.3 Å². The fraction of sp³-hybridized carbons (Fsp3) is 0.500. The van der Waals surface area contributed by atoms with E-state index in [4.69, 9.17) is 10.5 Å². The van der Waals surface area contributed by atoms with Crippen molar-refractivity contribution < 1.29 is 9.53 Å². The molecule has 0 aliphatic carbocycles. The van der Waals surface area contributed by atoms with Crippen LogP contribution in [0.3, 0.4) is 0 Å². The van der Waals surface area contributed by atoms with E-state index < -0.39 is 11.4 Å². The Morgan fingerprint density at radius 2 is 2.06 bits per heavy atom. The summed E-state index contributed by atoms with van der Waals surface area (Å²) in [6.45, 7) is 2.99. The van der Waals surface area contributed by atoms with Gasteiger partial charge >= 0.3 is 0 Å². The second kappa shape index (κ2) is 7.13. The third-order valence-electron chi connectivity index (χ3n) is 3.07. The van der Waals surface area contributed by atoms with Crippen LogP contribution in [0.15, 0.2) is 30.3 Å². The van der Waals surface area contributed by atoms with Gasteiger partial charge in [0.05, 0.1) is 6.61 Å². The van der Waals surface area contributed by atoms with Gasteiger partial charge in [-0.05, 0) is 19.0 Å². The maximum absolute atomic E-state index is 11.8. The second-order valence-corrected chi connectivity index (χ2v) is 4.29. The van der Waals surface area contributed by atoms with E-state index in [1.54, 1.807) is 7.05 Å². The van der Waals surface area contributed by atoms with E-state index in [9.17, 15) is 4.79 Å². The molecule has 0 radical (unpaired) electrons. The van der Waals surface area contributed by atoms with Crippen molar-refractivity contribution in [3.05, 3.63) is 35.9 Å². The molecule has 0 aliphatic heterocycles. The number of carbonyl (C=O) groups is 1. The summed E-state index contributed by atoms with van der Waals surface area (Å²) in [5.74, 6) is -0.423. The summed E-state index contributed by atoms with van der Waals surface area (Å²) >= 11 is 0. The molecule has 100 valence electrons. The molecule has 1 unspecified atom stereocenters. The molecule has 18 heavy (non-hydrogen) atoms. The monoisotopic (exact) mass is 250 g/mol. The Kier molecular flexibility index (Phi) is 5.82. The second-order valence-electron chi connectivity index (χ2n) is 4.29. The third kappa shape index (κ3) is 3.31. The molecule has 0 aromatic heterocycles. The number of ether oxygens (including phenoxy) is 1. The SMILES string of the molecule is CCCCOCC(NC)(C(N)=O)c1ccccc1. The number of likely N-dealkylation sites (N-methyl/N-ethyl adjacent to an activating group) is 1. The van der Waals surface area contributed by atoms with Crippen molar-refractivity contribution >= 4 is 5.91 Å². The molecule has 1 rings (SSSR count). The first-order chi connectivity index (χ1) is 8.67. The Labute approximate surface area is 109 Å². The van der Waals surface area contributed by atoms with E-state index in [0.717, 1.165) is 18.4 Å². The number of nitrogens with two attached hydrogens (primary N) is 1. The molecule has 1 aromatic rings. The van der Waals surface area contributed by atoms with Gasteiger partial charge in [0.25, 0.3) is 0 Å². The van der Waals surface area contributed by atoms with Crippen LogP contribution in [-0.4, -0.2) is 26.2 Å². The van der Waals surface area contributed by atoms with Crippen molar-refractivity contribution in [3.8, 4) is 0 Å². The van der Waals surface area contributed by atoms with Crippen LogP contribution in [0.5, 0.6) is 0 Å². The predicted octanol–water partition coefficient (Wildman–Crippen LogP) is 1.40. The summed E-state index contributed by atoms with van der Waals surface area (Å²) in [6.07, 6.45) is 2.04. The molecule has 0 fully saturated rings. The van der Waals surface area contributed by atoms with Crippen molar-refractivity contribution in [2.24, 2.45) is 5.73 Å². The van der Waals surface area contributed by atoms with Gasteiger partial charge in [-0.25, -0.2) is 0 Å². The summed E-state index contributed by atoms with van der Waals surface area (Å²) in [6, 6.07) is 9.44. The quantitative estimate of drug-likeness (QED) is 0.686. The van der Waals surface area contributed by atoms with Crippen molar-refractivity contribution in [2.45, 2.75) is 25.3 Å². The normalized spacial score (nSPS) is 14.1. The van der Waals surface area contributed by atoms with Crippen LogP contribution < -0.4 is 11.1 Å². The first kappa shape index (κ1) is 14.7. The number of hydrogen-bond donors (Lipinski definition) is 2. The van der Waals surface area contributed by atoms with E-state index in [-0.39, 0.29) is 6.61 Å². The Morgan fingerprint density at radius 1 is 1.39 bits per heavy atom. The minimum Gasteiger partial charge on any atom is -0.379 e. The molecule has 0 heterocycles. The van der Waals surface area contributed by atoms with Crippen molar-refractivity contribution in [1.29, 1.82) is 0 Å². The first-order valence-electron chi connectivity index (χ1n) is 6.29. The van der Waals surface area contributed by atoms with Gasteiger partial charge < -0.3 is 15.8 Å². The number of benzene rings is 1. The topological polar surface area (TPSA) is 64.3 Å². The van der Waals surface area contributed by atoms with Crippen molar-refractivity contribution in [2.75, 3.05) is 20.3 Å². The van der Waals surface area contributed by atoms with E-state index >= 15 is 0 Å². The van der Waals surface area contributed by atoms with Gasteiger partial charge in [0.15, 0.2) is 0 Å². The number of rotatable bonds is 8. The number of nitrogens with one attached hydrogen (secondary N) is 1. The maximum atomic E-state index is 11.8. The standard InChI is InChI=1S/C14H22N2O2/c1-3-4-10-18-11-14(16-2,13(15)17)12-8-6-5-7-9-12/h5-9,16H,3-4,10-11H2,1-2H3,(H2,15,17). The Bertz CT molecular complexity index is 367. The minimum absolute atomic E-state index is 0.253. The zero-order valence-electron chi connectivity index (χ0n) is 11.1. The van der Waals surface area contributed by atoms with Crippen LogP contribution in [0.1, 0.15) is 25.3 Å². The first-order valence-corrected chi connectivity index (χ1v) is 6.29. The van der Waals surface area contributed by atoms with E-state index in [1.165, 1.54) is 0 Å². The fourth-order valence-electron chi connectivity index (χ4n) is 1.83. The molecule has 1 aromatic carbocycles. The molecule has 3 N–H and O–H groups in total. The van der Waals surface area contributed by atoms with Gasteiger partial charge in [0.1, 0.15) is 5.54 Å². The highest BCUT2D eigenvalue weighted by atomic mass is 16.5. The van der Waals surface area contributed by atoms with Gasteiger partial charge in [-0.2, -0.15) is 0 Å². The lowest BCUT2D eigenvalue weighted by molar-refractivity contribution is -0.127. The number of amides is 1. The minimum atomic E-state index is -0.949. The molecule has 0 bridgehead atoms. The zero-order chi connectivity index (χ0) is 13.4. The van der Waals surface area contributed by atoms with Crippen molar-refractivity contribution in [1.82, 2.24) is 5.32 Å². The maximum Gasteiger partial charge on any atom is 0.244 e. The fourth-order valence-corrected chi connectivity index (χ4v) is 1.83. The summed E-state index contributed by atoms with van der Waals surface area (Å²) in [7, 11) is 1.72. The van der Waals surface area contributed by atoms with Gasteiger partial charge in [-0.1, -0.05) is 43.7 Å². The summed E-state index contributed by atoms with van der Waals surface area (Å²) in [5, 5.41) is 3.01. The number of hydrogen-bond acceptors (Lipinski definition) is 3. The Balaban J connectivity index is 2.85. The Hall–Kier alpha value is -1.39. The molecular weight excluding hydrogens is 228 g/mol. The molecule has 0 saturated heterocycles. The number of primary amides is 1. The highest BCUT2D eigenvalue weighted by molar-refractivity contribution is 5.86. The smallest absolute Gasteiger partial charge is 0.244 e. The van der Waals surface area contributed by atoms with Gasteiger partial charge in [0.2, 0.25) is 5.91 Å². The Morgan fingerprint density at radius 3 is 2.56 bits per heavy atom.